The van der Waals surface area contributed by atoms with E-state index in [0.29, 0.717) is 0 Å². The second kappa shape index (κ2) is 6.61. The molecule has 2 aromatic rings. The maximum atomic E-state index is 6.41. The van der Waals surface area contributed by atoms with Crippen LogP contribution in [0.5, 0.6) is 0 Å². The molecule has 0 N–H and O–H groups in total. The van der Waals surface area contributed by atoms with Crippen LogP contribution in [0.3, 0.4) is 0 Å². The summed E-state index contributed by atoms with van der Waals surface area (Å²) in [7, 11) is 2.14. The molecule has 0 radical (unpaired) electrons. The first kappa shape index (κ1) is 14.6. The Bertz CT molecular complexity index is 570. The molecule has 0 unspecified atom stereocenters. The summed E-state index contributed by atoms with van der Waals surface area (Å²) in [5.41, 5.74) is 2.34. The van der Waals surface area contributed by atoms with Gasteiger partial charge in [0.05, 0.1) is 6.10 Å². The first-order valence-electron chi connectivity index (χ1n) is 7.37. The third-order valence-corrected chi connectivity index (χ3v) is 4.20. The number of ether oxygens (including phenoxy) is 1. The lowest BCUT2D eigenvalue weighted by Gasteiger charge is -2.23. The van der Waals surface area contributed by atoms with Crippen LogP contribution in [0, 0.1) is 0 Å². The van der Waals surface area contributed by atoms with Crippen molar-refractivity contribution in [2.75, 3.05) is 20.1 Å². The van der Waals surface area contributed by atoms with Gasteiger partial charge in [0, 0.05) is 18.1 Å². The molecule has 0 amide bonds. The number of hydrogen-bond donors (Lipinski definition) is 0. The molecule has 1 saturated heterocycles. The molecule has 0 bridgehead atoms. The zero-order valence-corrected chi connectivity index (χ0v) is 13.0. The third kappa shape index (κ3) is 3.65. The average molecular weight is 302 g/mol. The third-order valence-electron chi connectivity index (χ3n) is 3.95. The van der Waals surface area contributed by atoms with Gasteiger partial charge < -0.3 is 9.64 Å². The van der Waals surface area contributed by atoms with E-state index in [1.165, 1.54) is 5.56 Å². The van der Waals surface area contributed by atoms with E-state index in [1.807, 2.05) is 18.2 Å². The van der Waals surface area contributed by atoms with Gasteiger partial charge in [0.2, 0.25) is 0 Å². The lowest BCUT2D eigenvalue weighted by atomic mass is 10.0. The molecule has 1 aliphatic rings. The highest BCUT2D eigenvalue weighted by Crippen LogP contribution is 2.30. The Kier molecular flexibility index (Phi) is 4.59. The van der Waals surface area contributed by atoms with E-state index in [4.69, 9.17) is 16.3 Å². The minimum Gasteiger partial charge on any atom is -0.364 e. The second-order valence-electron chi connectivity index (χ2n) is 5.65. The largest absolute Gasteiger partial charge is 0.364 e. The Morgan fingerprint density at radius 1 is 1.05 bits per heavy atom. The molecule has 0 aromatic heterocycles. The normalized spacial score (nSPS) is 20.6. The van der Waals surface area contributed by atoms with E-state index in [9.17, 15) is 0 Å². The van der Waals surface area contributed by atoms with Crippen molar-refractivity contribution in [2.45, 2.75) is 18.6 Å². The molecule has 2 aromatic carbocycles. The maximum Gasteiger partial charge on any atom is 0.108 e. The van der Waals surface area contributed by atoms with E-state index >= 15 is 0 Å². The SMILES string of the molecule is CN1CC[C@H](O[C@@H](c2ccccc2)c2ccc(Cl)cc2)C1. The summed E-state index contributed by atoms with van der Waals surface area (Å²) in [6.45, 7) is 2.10. The van der Waals surface area contributed by atoms with Crippen LogP contribution >= 0.6 is 11.6 Å². The summed E-state index contributed by atoms with van der Waals surface area (Å²) in [4.78, 5) is 2.31. The Hall–Kier alpha value is -1.35. The van der Waals surface area contributed by atoms with E-state index < -0.39 is 0 Å². The fourth-order valence-corrected chi connectivity index (χ4v) is 2.94. The van der Waals surface area contributed by atoms with Gasteiger partial charge in [-0.15, -0.1) is 0 Å². The Labute approximate surface area is 131 Å². The van der Waals surface area contributed by atoms with Crippen LogP contribution in [-0.2, 0) is 4.74 Å². The molecule has 2 nitrogen and oxygen atoms in total. The number of hydrogen-bond acceptors (Lipinski definition) is 2. The van der Waals surface area contributed by atoms with Gasteiger partial charge >= 0.3 is 0 Å². The predicted octanol–water partition coefficient (Wildman–Crippen LogP) is 4.15. The van der Waals surface area contributed by atoms with E-state index in [2.05, 4.69) is 48.3 Å². The van der Waals surface area contributed by atoms with Crippen molar-refractivity contribution in [3.63, 3.8) is 0 Å². The molecular formula is C18H20ClNO. The number of nitrogens with zero attached hydrogens (tertiary/aromatic N) is 1. The van der Waals surface area contributed by atoms with Gasteiger partial charge in [-0.1, -0.05) is 54.1 Å². The summed E-state index contributed by atoms with van der Waals surface area (Å²) < 4.78 is 6.41. The van der Waals surface area contributed by atoms with Crippen molar-refractivity contribution in [1.82, 2.24) is 4.90 Å². The number of rotatable bonds is 4. The van der Waals surface area contributed by atoms with E-state index in [1.54, 1.807) is 0 Å². The predicted molar refractivity (Wildman–Crippen MR) is 86.7 cm³/mol. The van der Waals surface area contributed by atoms with Gasteiger partial charge in [-0.2, -0.15) is 0 Å². The quantitative estimate of drug-likeness (QED) is 0.841. The van der Waals surface area contributed by atoms with Crippen molar-refractivity contribution in [2.24, 2.45) is 0 Å². The molecule has 0 spiro atoms. The van der Waals surface area contributed by atoms with Crippen molar-refractivity contribution in [3.05, 3.63) is 70.7 Å². The minimum atomic E-state index is -0.0278. The van der Waals surface area contributed by atoms with Gasteiger partial charge in [-0.05, 0) is 36.7 Å². The van der Waals surface area contributed by atoms with Crippen molar-refractivity contribution in [1.29, 1.82) is 0 Å². The summed E-state index contributed by atoms with van der Waals surface area (Å²) in [6, 6.07) is 18.4. The standard InChI is InChI=1S/C18H20ClNO/c1-20-12-11-17(13-20)21-18(14-5-3-2-4-6-14)15-7-9-16(19)10-8-15/h2-10,17-18H,11-13H2,1H3/t17-,18-/m0/s1. The summed E-state index contributed by atoms with van der Waals surface area (Å²) >= 11 is 6.00. The fourth-order valence-electron chi connectivity index (χ4n) is 2.81. The molecule has 3 rings (SSSR count). The second-order valence-corrected chi connectivity index (χ2v) is 6.09. The smallest absolute Gasteiger partial charge is 0.108 e. The van der Waals surface area contributed by atoms with E-state index in [0.717, 1.165) is 30.1 Å². The monoisotopic (exact) mass is 301 g/mol. The zero-order chi connectivity index (χ0) is 14.7. The molecule has 1 heterocycles. The molecule has 21 heavy (non-hydrogen) atoms. The van der Waals surface area contributed by atoms with Crippen LogP contribution in [0.1, 0.15) is 23.7 Å². The summed E-state index contributed by atoms with van der Waals surface area (Å²) in [5.74, 6) is 0. The van der Waals surface area contributed by atoms with Gasteiger partial charge in [0.15, 0.2) is 0 Å². The van der Waals surface area contributed by atoms with Crippen molar-refractivity contribution in [3.8, 4) is 0 Å². The highest BCUT2D eigenvalue weighted by atomic mass is 35.5. The van der Waals surface area contributed by atoms with Gasteiger partial charge in [-0.3, -0.25) is 0 Å². The summed E-state index contributed by atoms with van der Waals surface area (Å²) in [6.07, 6.45) is 1.35. The molecule has 2 atom stereocenters. The Balaban J connectivity index is 1.86. The molecule has 1 fully saturated rings. The molecule has 110 valence electrons. The lowest BCUT2D eigenvalue weighted by molar-refractivity contribution is 0.0155. The minimum absolute atomic E-state index is 0.0278. The first-order valence-corrected chi connectivity index (χ1v) is 7.74. The van der Waals surface area contributed by atoms with Gasteiger partial charge in [0.1, 0.15) is 6.10 Å². The number of likely N-dealkylation sites (tertiary alicyclic amines) is 1. The van der Waals surface area contributed by atoms with E-state index in [-0.39, 0.29) is 12.2 Å². The average Bonchev–Trinajstić information content (AvgIpc) is 2.92. The van der Waals surface area contributed by atoms with Crippen LogP contribution in [0.25, 0.3) is 0 Å². The number of likely N-dealkylation sites (N-methyl/N-ethyl adjacent to an activating group) is 1. The van der Waals surface area contributed by atoms with Crippen LogP contribution in [0.4, 0.5) is 0 Å². The maximum absolute atomic E-state index is 6.41. The molecule has 0 saturated carbocycles. The van der Waals surface area contributed by atoms with Crippen molar-refractivity contribution >= 4 is 11.6 Å². The lowest BCUT2D eigenvalue weighted by Crippen LogP contribution is -2.21. The van der Waals surface area contributed by atoms with Gasteiger partial charge in [0.25, 0.3) is 0 Å². The summed E-state index contributed by atoms with van der Waals surface area (Å²) in [5, 5.41) is 0.756. The molecule has 3 heteroatoms. The first-order chi connectivity index (χ1) is 10.2. The van der Waals surface area contributed by atoms with Crippen LogP contribution in [-0.4, -0.2) is 31.1 Å². The Morgan fingerprint density at radius 2 is 1.71 bits per heavy atom. The zero-order valence-electron chi connectivity index (χ0n) is 12.2. The molecule has 1 aliphatic heterocycles. The van der Waals surface area contributed by atoms with Crippen LogP contribution in [0.15, 0.2) is 54.6 Å². The Morgan fingerprint density at radius 3 is 2.33 bits per heavy atom. The number of benzene rings is 2. The molecule has 0 aliphatic carbocycles. The van der Waals surface area contributed by atoms with Gasteiger partial charge in [-0.25, -0.2) is 0 Å². The fraction of sp³-hybridized carbons (Fsp3) is 0.333. The molecular weight excluding hydrogens is 282 g/mol. The highest BCUT2D eigenvalue weighted by Gasteiger charge is 2.25. The highest BCUT2D eigenvalue weighted by molar-refractivity contribution is 6.30. The van der Waals surface area contributed by atoms with Crippen LogP contribution in [0.2, 0.25) is 5.02 Å². The van der Waals surface area contributed by atoms with Crippen molar-refractivity contribution < 1.29 is 4.74 Å². The number of halogens is 1. The van der Waals surface area contributed by atoms with Crippen LogP contribution < -0.4 is 0 Å². The topological polar surface area (TPSA) is 12.5 Å².